The van der Waals surface area contributed by atoms with Crippen molar-refractivity contribution < 1.29 is 29.5 Å². The normalized spacial score (nSPS) is 18.5. The van der Waals surface area contributed by atoms with Gasteiger partial charge in [-0.25, -0.2) is 9.78 Å². The standard InChI is InChI=1S/C25H27N11O6S4/c26-12(6-11-7-28-10-31-11)20(37)30-4-5-43-8-13-14(2-1-3-29-13)45-15-9-44-23-17(22(39)36(23)18(15)24(40)41)32-21(38)16(34-42)19-33-25(27)46-35-19/h1-3,7,10,12,17,23,42H,4-6,8-9,26H2,(H,28,31)(H,30,37)(H,32,38)(H,40,41)(H2,27,33,35)/b34-16-/t12-,17+,23+/m0/s1. The predicted molar refractivity (Wildman–Crippen MR) is 172 cm³/mol. The average molecular weight is 706 g/mol. The molecule has 0 saturated carbocycles. The summed E-state index contributed by atoms with van der Waals surface area (Å²) in [5.74, 6) is -1.95. The maximum atomic E-state index is 13.1. The number of hydrogen-bond donors (Lipinski definition) is 7. The molecule has 1 saturated heterocycles. The van der Waals surface area contributed by atoms with Crippen LogP contribution in [0, 0.1) is 0 Å². The van der Waals surface area contributed by atoms with Crippen molar-refractivity contribution in [2.45, 2.75) is 34.5 Å². The first-order valence-corrected chi connectivity index (χ1v) is 17.2. The Morgan fingerprint density at radius 1 is 1.33 bits per heavy atom. The summed E-state index contributed by atoms with van der Waals surface area (Å²) in [6.07, 6.45) is 5.13. The van der Waals surface area contributed by atoms with Crippen molar-refractivity contribution in [2.75, 3.05) is 23.8 Å². The molecule has 21 heteroatoms. The van der Waals surface area contributed by atoms with Crippen molar-refractivity contribution in [1.82, 2.24) is 39.8 Å². The number of rotatable bonds is 14. The number of carbonyl (C=O) groups is 4. The van der Waals surface area contributed by atoms with Crippen molar-refractivity contribution in [3.63, 3.8) is 0 Å². The van der Waals surface area contributed by atoms with E-state index in [0.717, 1.165) is 32.7 Å². The van der Waals surface area contributed by atoms with Crippen molar-refractivity contribution in [3.05, 3.63) is 58.7 Å². The van der Waals surface area contributed by atoms with Crippen LogP contribution in [0.15, 0.2) is 51.5 Å². The SMILES string of the molecule is Nc1nc(/C(=N/O)C(=O)N[C@@H]2C(=O)N3C(C(=O)O)=C(Sc4cccnc4CSCCNC(=O)[C@@H](N)Cc4cnc[nH]4)CS[C@H]23)ns1. The van der Waals surface area contributed by atoms with Gasteiger partial charge in [0.05, 0.1) is 18.1 Å². The molecule has 3 atom stereocenters. The Kier molecular flexibility index (Phi) is 10.8. The highest BCUT2D eigenvalue weighted by atomic mass is 32.2. The fourth-order valence-electron chi connectivity index (χ4n) is 4.43. The zero-order valence-corrected chi connectivity index (χ0v) is 26.9. The summed E-state index contributed by atoms with van der Waals surface area (Å²) >= 11 is 4.84. The summed E-state index contributed by atoms with van der Waals surface area (Å²) in [5.41, 5.74) is 12.3. The maximum absolute atomic E-state index is 13.1. The summed E-state index contributed by atoms with van der Waals surface area (Å²) in [6, 6.07) is 1.80. The number of nitrogens with zero attached hydrogens (tertiary/aromatic N) is 6. The molecule has 242 valence electrons. The topological polar surface area (TPSA) is 268 Å². The summed E-state index contributed by atoms with van der Waals surface area (Å²) in [5, 5.41) is 27.0. The lowest BCUT2D eigenvalue weighted by Crippen LogP contribution is -2.71. The molecule has 17 nitrogen and oxygen atoms in total. The molecule has 3 aromatic heterocycles. The number of nitrogens with one attached hydrogen (secondary N) is 3. The Labute approximate surface area is 277 Å². The Hall–Kier alpha value is -4.18. The van der Waals surface area contributed by atoms with E-state index >= 15 is 0 Å². The Bertz CT molecular complexity index is 1680. The Balaban J connectivity index is 1.17. The van der Waals surface area contributed by atoms with Crippen LogP contribution in [0.4, 0.5) is 5.13 Å². The van der Waals surface area contributed by atoms with E-state index in [-0.39, 0.29) is 28.3 Å². The monoisotopic (exact) mass is 705 g/mol. The molecule has 2 aliphatic heterocycles. The van der Waals surface area contributed by atoms with Crippen LogP contribution < -0.4 is 22.1 Å². The molecule has 46 heavy (non-hydrogen) atoms. The van der Waals surface area contributed by atoms with Crippen LogP contribution in [0.25, 0.3) is 0 Å². The minimum absolute atomic E-state index is 0.0565. The minimum Gasteiger partial charge on any atom is -0.477 e. The number of anilines is 1. The molecule has 9 N–H and O–H groups in total. The van der Waals surface area contributed by atoms with E-state index in [1.165, 1.54) is 41.6 Å². The number of imidazole rings is 1. The van der Waals surface area contributed by atoms with Crippen molar-refractivity contribution >= 4 is 81.4 Å². The molecule has 5 heterocycles. The number of pyridine rings is 1. The second-order valence-corrected chi connectivity index (χ2v) is 13.8. The fourth-order valence-corrected chi connectivity index (χ4v) is 8.34. The van der Waals surface area contributed by atoms with Crippen molar-refractivity contribution in [3.8, 4) is 0 Å². The van der Waals surface area contributed by atoms with E-state index in [1.807, 2.05) is 6.07 Å². The number of H-pyrrole nitrogens is 1. The molecular weight excluding hydrogens is 679 g/mol. The Morgan fingerprint density at radius 3 is 2.85 bits per heavy atom. The zero-order chi connectivity index (χ0) is 32.8. The molecule has 0 aromatic carbocycles. The van der Waals surface area contributed by atoms with Crippen LogP contribution in [0.5, 0.6) is 0 Å². The number of oxime groups is 1. The van der Waals surface area contributed by atoms with E-state index in [9.17, 15) is 29.5 Å². The summed E-state index contributed by atoms with van der Waals surface area (Å²) in [7, 11) is 0. The number of nitrogen functional groups attached to an aromatic ring is 1. The van der Waals surface area contributed by atoms with Crippen LogP contribution >= 0.6 is 46.8 Å². The van der Waals surface area contributed by atoms with Gasteiger partial charge >= 0.3 is 5.97 Å². The molecule has 0 radical (unpaired) electrons. The smallest absolute Gasteiger partial charge is 0.353 e. The highest BCUT2D eigenvalue weighted by Crippen LogP contribution is 2.45. The molecule has 2 aliphatic rings. The lowest BCUT2D eigenvalue weighted by molar-refractivity contribution is -0.150. The van der Waals surface area contributed by atoms with Gasteiger partial charge in [-0.3, -0.25) is 24.3 Å². The lowest BCUT2D eigenvalue weighted by atomic mass is 10.0. The van der Waals surface area contributed by atoms with Crippen molar-refractivity contribution in [1.29, 1.82) is 0 Å². The van der Waals surface area contributed by atoms with Crippen LogP contribution in [-0.4, -0.2) is 104 Å². The number of hydrogen-bond acceptors (Lipinski definition) is 16. The number of aliphatic carboxylic acids is 1. The average Bonchev–Trinajstić information content (AvgIpc) is 3.72. The molecule has 3 aromatic rings. The second-order valence-electron chi connectivity index (χ2n) is 9.62. The third-order valence-corrected chi connectivity index (χ3v) is 10.7. The summed E-state index contributed by atoms with van der Waals surface area (Å²) in [4.78, 5) is 68.0. The van der Waals surface area contributed by atoms with Gasteiger partial charge in [-0.1, -0.05) is 16.9 Å². The quantitative estimate of drug-likeness (QED) is 0.0377. The van der Waals surface area contributed by atoms with E-state index in [0.29, 0.717) is 29.4 Å². The first-order chi connectivity index (χ1) is 22.2. The van der Waals surface area contributed by atoms with Gasteiger partial charge in [-0.05, 0) is 12.1 Å². The van der Waals surface area contributed by atoms with Crippen molar-refractivity contribution in [2.24, 2.45) is 10.9 Å². The van der Waals surface area contributed by atoms with E-state index < -0.39 is 41.0 Å². The van der Waals surface area contributed by atoms with Gasteiger partial charge in [0.15, 0.2) is 5.13 Å². The number of aromatic amines is 1. The first kappa shape index (κ1) is 33.2. The van der Waals surface area contributed by atoms with E-state index in [1.54, 1.807) is 18.5 Å². The molecule has 0 unspecified atom stereocenters. The third-order valence-electron chi connectivity index (χ3n) is 6.59. The second kappa shape index (κ2) is 14.9. The van der Waals surface area contributed by atoms with Crippen LogP contribution in [-0.2, 0) is 31.4 Å². The minimum atomic E-state index is -1.29. The lowest BCUT2D eigenvalue weighted by Gasteiger charge is -2.49. The maximum Gasteiger partial charge on any atom is 0.353 e. The number of carboxylic acids is 1. The third kappa shape index (κ3) is 7.44. The highest BCUT2D eigenvalue weighted by molar-refractivity contribution is 8.06. The number of carbonyl (C=O) groups excluding carboxylic acids is 3. The van der Waals surface area contributed by atoms with Gasteiger partial charge in [-0.15, -0.1) is 11.8 Å². The number of nitrogens with two attached hydrogens (primary N) is 2. The Morgan fingerprint density at radius 2 is 2.15 bits per heavy atom. The molecular formula is C25H27N11O6S4. The van der Waals surface area contributed by atoms with Crippen LogP contribution in [0.2, 0.25) is 0 Å². The summed E-state index contributed by atoms with van der Waals surface area (Å²) < 4.78 is 3.84. The van der Waals surface area contributed by atoms with Crippen LogP contribution in [0.3, 0.4) is 0 Å². The van der Waals surface area contributed by atoms with Gasteiger partial charge in [0.25, 0.3) is 11.8 Å². The molecule has 1 fully saturated rings. The number of β-lactam (4-membered cyclic amide) rings is 1. The van der Waals surface area contributed by atoms with Gasteiger partial charge in [-0.2, -0.15) is 21.1 Å². The van der Waals surface area contributed by atoms with Gasteiger partial charge in [0.2, 0.25) is 17.4 Å². The molecule has 3 amide bonds. The predicted octanol–water partition coefficient (Wildman–Crippen LogP) is -0.175. The van der Waals surface area contributed by atoms with E-state index in [2.05, 4.69) is 40.1 Å². The summed E-state index contributed by atoms with van der Waals surface area (Å²) in [6.45, 7) is 0.399. The molecule has 0 bridgehead atoms. The molecule has 0 spiro atoms. The fraction of sp³-hybridized carbons (Fsp3) is 0.320. The van der Waals surface area contributed by atoms with E-state index in [4.69, 9.17) is 11.5 Å². The number of aromatic nitrogens is 5. The number of amides is 3. The number of carboxylic acid groups (broad SMARTS) is 1. The van der Waals surface area contributed by atoms with Crippen LogP contribution in [0.1, 0.15) is 17.2 Å². The largest absolute Gasteiger partial charge is 0.477 e. The van der Waals surface area contributed by atoms with Gasteiger partial charge in [0.1, 0.15) is 17.1 Å². The molecule has 5 rings (SSSR count). The molecule has 0 aliphatic carbocycles. The zero-order valence-electron chi connectivity index (χ0n) is 23.7. The first-order valence-electron chi connectivity index (χ1n) is 13.4. The number of thioether (sulfide) groups is 3. The highest BCUT2D eigenvalue weighted by Gasteiger charge is 2.54. The van der Waals surface area contributed by atoms with Gasteiger partial charge < -0.3 is 37.4 Å². The van der Waals surface area contributed by atoms with Gasteiger partial charge in [0, 0.05) is 69.6 Å². The number of fused-ring (bicyclic) bond motifs is 1.